The van der Waals surface area contributed by atoms with E-state index in [1.807, 2.05) is 6.92 Å². The SMILES string of the molecule is CCCC(C(=O)NCC(O)CC)C(C)(C)C. The molecule has 0 radical (unpaired) electrons. The van der Waals surface area contributed by atoms with Gasteiger partial charge in [0, 0.05) is 12.5 Å². The Bertz CT molecular complexity index is 208. The molecule has 0 aliphatic heterocycles. The van der Waals surface area contributed by atoms with Crippen LogP contribution in [0.25, 0.3) is 0 Å². The second-order valence-electron chi connectivity index (χ2n) is 5.51. The van der Waals surface area contributed by atoms with Crippen LogP contribution in [0.4, 0.5) is 0 Å². The predicted octanol–water partition coefficient (Wildman–Crippen LogP) is 2.34. The molecule has 2 N–H and O–H groups in total. The number of carbonyl (C=O) groups is 1. The molecular weight excluding hydrogens is 202 g/mol. The first-order valence-electron chi connectivity index (χ1n) is 6.28. The van der Waals surface area contributed by atoms with Crippen LogP contribution in [0.1, 0.15) is 53.9 Å². The van der Waals surface area contributed by atoms with Crippen molar-refractivity contribution in [2.24, 2.45) is 11.3 Å². The zero-order valence-electron chi connectivity index (χ0n) is 11.3. The fraction of sp³-hybridized carbons (Fsp3) is 0.923. The molecule has 0 spiro atoms. The number of amides is 1. The van der Waals surface area contributed by atoms with Crippen molar-refractivity contribution >= 4 is 5.91 Å². The molecule has 0 bridgehead atoms. The second kappa shape index (κ2) is 6.89. The van der Waals surface area contributed by atoms with Gasteiger partial charge in [-0.1, -0.05) is 41.0 Å². The van der Waals surface area contributed by atoms with Gasteiger partial charge in [-0.05, 0) is 18.3 Å². The summed E-state index contributed by atoms with van der Waals surface area (Å²) in [5, 5.41) is 12.2. The van der Waals surface area contributed by atoms with E-state index in [-0.39, 0.29) is 17.2 Å². The molecule has 16 heavy (non-hydrogen) atoms. The van der Waals surface area contributed by atoms with Gasteiger partial charge < -0.3 is 10.4 Å². The third-order valence-corrected chi connectivity index (χ3v) is 2.92. The van der Waals surface area contributed by atoms with Crippen molar-refractivity contribution in [3.63, 3.8) is 0 Å². The molecule has 3 nitrogen and oxygen atoms in total. The number of carbonyl (C=O) groups excluding carboxylic acids is 1. The van der Waals surface area contributed by atoms with Crippen molar-refractivity contribution in [1.82, 2.24) is 5.32 Å². The number of aliphatic hydroxyl groups is 1. The van der Waals surface area contributed by atoms with E-state index < -0.39 is 6.10 Å². The third kappa shape index (κ3) is 5.50. The molecule has 0 aliphatic rings. The monoisotopic (exact) mass is 229 g/mol. The molecule has 1 amide bonds. The summed E-state index contributed by atoms with van der Waals surface area (Å²) in [6.45, 7) is 10.6. The van der Waals surface area contributed by atoms with E-state index in [9.17, 15) is 9.90 Å². The number of hydrogen-bond acceptors (Lipinski definition) is 2. The van der Waals surface area contributed by atoms with Crippen LogP contribution >= 0.6 is 0 Å². The summed E-state index contributed by atoms with van der Waals surface area (Å²) >= 11 is 0. The summed E-state index contributed by atoms with van der Waals surface area (Å²) in [5.74, 6) is 0.100. The van der Waals surface area contributed by atoms with E-state index in [0.29, 0.717) is 13.0 Å². The number of nitrogens with one attached hydrogen (secondary N) is 1. The molecule has 3 heteroatoms. The Morgan fingerprint density at radius 3 is 2.25 bits per heavy atom. The van der Waals surface area contributed by atoms with Crippen molar-refractivity contribution in [3.8, 4) is 0 Å². The van der Waals surface area contributed by atoms with Crippen LogP contribution in [0.15, 0.2) is 0 Å². The van der Waals surface area contributed by atoms with E-state index in [4.69, 9.17) is 0 Å². The minimum atomic E-state index is -0.425. The summed E-state index contributed by atoms with van der Waals surface area (Å²) in [6.07, 6.45) is 2.16. The van der Waals surface area contributed by atoms with Crippen molar-refractivity contribution in [2.75, 3.05) is 6.54 Å². The normalized spacial score (nSPS) is 15.6. The highest BCUT2D eigenvalue weighted by molar-refractivity contribution is 5.79. The fourth-order valence-corrected chi connectivity index (χ4v) is 1.73. The lowest BCUT2D eigenvalue weighted by Gasteiger charge is -2.29. The average molecular weight is 229 g/mol. The van der Waals surface area contributed by atoms with Crippen LogP contribution in [-0.4, -0.2) is 23.7 Å². The largest absolute Gasteiger partial charge is 0.391 e. The molecule has 0 saturated carbocycles. The maximum absolute atomic E-state index is 12.0. The van der Waals surface area contributed by atoms with Crippen LogP contribution in [0.3, 0.4) is 0 Å². The van der Waals surface area contributed by atoms with Crippen LogP contribution < -0.4 is 5.32 Å². The highest BCUT2D eigenvalue weighted by Gasteiger charge is 2.30. The quantitative estimate of drug-likeness (QED) is 0.734. The Balaban J connectivity index is 4.29. The molecule has 0 fully saturated rings. The van der Waals surface area contributed by atoms with Gasteiger partial charge in [0.1, 0.15) is 0 Å². The van der Waals surface area contributed by atoms with Crippen LogP contribution in [0.2, 0.25) is 0 Å². The number of aliphatic hydroxyl groups excluding tert-OH is 1. The second-order valence-corrected chi connectivity index (χ2v) is 5.51. The standard InChI is InChI=1S/C13H27NO2/c1-6-8-11(13(3,4)5)12(16)14-9-10(15)7-2/h10-11,15H,6-9H2,1-5H3,(H,14,16). The number of hydrogen-bond donors (Lipinski definition) is 2. The van der Waals surface area contributed by atoms with Gasteiger partial charge in [-0.3, -0.25) is 4.79 Å². The Labute approximate surface area is 99.6 Å². The van der Waals surface area contributed by atoms with Crippen molar-refractivity contribution in [2.45, 2.75) is 60.0 Å². The lowest BCUT2D eigenvalue weighted by Crippen LogP contribution is -2.41. The summed E-state index contributed by atoms with van der Waals surface area (Å²) in [7, 11) is 0. The maximum Gasteiger partial charge on any atom is 0.223 e. The summed E-state index contributed by atoms with van der Waals surface area (Å²) in [4.78, 5) is 12.0. The first-order valence-corrected chi connectivity index (χ1v) is 6.28. The minimum Gasteiger partial charge on any atom is -0.391 e. The molecule has 0 rings (SSSR count). The molecule has 2 unspecified atom stereocenters. The molecule has 0 aromatic carbocycles. The van der Waals surface area contributed by atoms with Crippen LogP contribution in [-0.2, 0) is 4.79 Å². The van der Waals surface area contributed by atoms with Gasteiger partial charge in [-0.25, -0.2) is 0 Å². The topological polar surface area (TPSA) is 49.3 Å². The molecule has 96 valence electrons. The lowest BCUT2D eigenvalue weighted by atomic mass is 9.77. The summed E-state index contributed by atoms with van der Waals surface area (Å²) in [5.41, 5.74) is -0.0166. The smallest absolute Gasteiger partial charge is 0.223 e. The summed E-state index contributed by atoms with van der Waals surface area (Å²) < 4.78 is 0. The Morgan fingerprint density at radius 1 is 1.31 bits per heavy atom. The zero-order chi connectivity index (χ0) is 12.8. The van der Waals surface area contributed by atoms with E-state index in [1.54, 1.807) is 0 Å². The van der Waals surface area contributed by atoms with Crippen LogP contribution in [0, 0.1) is 11.3 Å². The van der Waals surface area contributed by atoms with E-state index >= 15 is 0 Å². The van der Waals surface area contributed by atoms with Gasteiger partial charge in [-0.15, -0.1) is 0 Å². The fourth-order valence-electron chi connectivity index (χ4n) is 1.73. The van der Waals surface area contributed by atoms with Crippen molar-refractivity contribution < 1.29 is 9.90 Å². The molecule has 0 saturated heterocycles. The van der Waals surface area contributed by atoms with Gasteiger partial charge in [-0.2, -0.15) is 0 Å². The first-order chi connectivity index (χ1) is 7.32. The molecule has 2 atom stereocenters. The zero-order valence-corrected chi connectivity index (χ0v) is 11.3. The molecule has 0 aliphatic carbocycles. The van der Waals surface area contributed by atoms with Crippen molar-refractivity contribution in [3.05, 3.63) is 0 Å². The lowest BCUT2D eigenvalue weighted by molar-refractivity contribution is -0.129. The van der Waals surface area contributed by atoms with Gasteiger partial charge in [0.15, 0.2) is 0 Å². The van der Waals surface area contributed by atoms with E-state index in [1.165, 1.54) is 0 Å². The predicted molar refractivity (Wildman–Crippen MR) is 67.2 cm³/mol. The number of rotatable bonds is 6. The van der Waals surface area contributed by atoms with Gasteiger partial charge in [0.05, 0.1) is 6.10 Å². The van der Waals surface area contributed by atoms with Gasteiger partial charge in [0.25, 0.3) is 0 Å². The highest BCUT2D eigenvalue weighted by atomic mass is 16.3. The third-order valence-electron chi connectivity index (χ3n) is 2.92. The molecular formula is C13H27NO2. The van der Waals surface area contributed by atoms with Crippen molar-refractivity contribution in [1.29, 1.82) is 0 Å². The Kier molecular flexibility index (Phi) is 6.65. The van der Waals surface area contributed by atoms with Gasteiger partial charge >= 0.3 is 0 Å². The van der Waals surface area contributed by atoms with Gasteiger partial charge in [0.2, 0.25) is 5.91 Å². The first kappa shape index (κ1) is 15.4. The van der Waals surface area contributed by atoms with Crippen LogP contribution in [0.5, 0.6) is 0 Å². The van der Waals surface area contributed by atoms with E-state index in [0.717, 1.165) is 12.8 Å². The molecule has 0 aromatic heterocycles. The molecule has 0 heterocycles. The Morgan fingerprint density at radius 2 is 1.88 bits per heavy atom. The van der Waals surface area contributed by atoms with E-state index in [2.05, 4.69) is 33.0 Å². The Hall–Kier alpha value is -0.570. The highest BCUT2D eigenvalue weighted by Crippen LogP contribution is 2.29. The average Bonchev–Trinajstić information content (AvgIpc) is 2.20. The molecule has 0 aromatic rings. The maximum atomic E-state index is 12.0. The summed E-state index contributed by atoms with van der Waals surface area (Å²) in [6, 6.07) is 0. The minimum absolute atomic E-state index is 0.0166.